The molecule has 4 heteroatoms. The van der Waals surface area contributed by atoms with Crippen LogP contribution in [0.15, 0.2) is 60.7 Å². The third-order valence-electron chi connectivity index (χ3n) is 4.95. The fraction of sp³-hybridized carbons (Fsp3) is 0.167. The van der Waals surface area contributed by atoms with Crippen LogP contribution in [0.4, 0.5) is 0 Å². The number of benzene rings is 3. The summed E-state index contributed by atoms with van der Waals surface area (Å²) in [5, 5.41) is 12.4. The molecule has 28 heavy (non-hydrogen) atoms. The van der Waals surface area contributed by atoms with Crippen LogP contribution in [0.2, 0.25) is 0 Å². The third kappa shape index (κ3) is 3.07. The fourth-order valence-electron chi connectivity index (χ4n) is 3.46. The van der Waals surface area contributed by atoms with E-state index < -0.39 is 5.97 Å². The van der Waals surface area contributed by atoms with Gasteiger partial charge in [0.1, 0.15) is 11.3 Å². The van der Waals surface area contributed by atoms with Crippen LogP contribution in [0.25, 0.3) is 32.9 Å². The molecule has 0 aliphatic carbocycles. The molecule has 140 valence electrons. The Morgan fingerprint density at radius 3 is 2.46 bits per heavy atom. The lowest BCUT2D eigenvalue weighted by Crippen LogP contribution is -2.07. The number of fused-ring (bicyclic) bond motifs is 2. The Morgan fingerprint density at radius 1 is 1.00 bits per heavy atom. The van der Waals surface area contributed by atoms with Gasteiger partial charge in [-0.2, -0.15) is 0 Å². The number of rotatable bonds is 4. The first-order valence-corrected chi connectivity index (χ1v) is 9.44. The van der Waals surface area contributed by atoms with Gasteiger partial charge in [-0.3, -0.25) is 0 Å². The molecule has 0 aliphatic rings. The number of aromatic hydroxyl groups is 1. The Morgan fingerprint density at radius 2 is 1.75 bits per heavy atom. The van der Waals surface area contributed by atoms with Gasteiger partial charge in [0, 0.05) is 16.3 Å². The third-order valence-corrected chi connectivity index (χ3v) is 4.95. The molecule has 0 unspecified atom stereocenters. The molecule has 0 radical (unpaired) electrons. The number of para-hydroxylation sites is 1. The Balaban J connectivity index is 2.03. The normalized spacial score (nSPS) is 11.1. The van der Waals surface area contributed by atoms with E-state index in [1.807, 2.05) is 60.7 Å². The largest absolute Gasteiger partial charge is 0.506 e. The smallest absolute Gasteiger partial charge is 0.342 e. The molecule has 4 nitrogen and oxygen atoms in total. The van der Waals surface area contributed by atoms with E-state index in [1.54, 1.807) is 6.92 Å². The highest BCUT2D eigenvalue weighted by Gasteiger charge is 2.22. The van der Waals surface area contributed by atoms with Crippen LogP contribution >= 0.6 is 0 Å². The molecule has 3 aromatic carbocycles. The van der Waals surface area contributed by atoms with E-state index in [4.69, 9.17) is 9.72 Å². The second-order valence-electron chi connectivity index (χ2n) is 6.67. The lowest BCUT2D eigenvalue weighted by molar-refractivity contribution is 0.0524. The maximum atomic E-state index is 12.7. The van der Waals surface area contributed by atoms with Gasteiger partial charge in [0.05, 0.1) is 17.6 Å². The second kappa shape index (κ2) is 7.31. The van der Waals surface area contributed by atoms with Crippen LogP contribution in [0.5, 0.6) is 5.75 Å². The van der Waals surface area contributed by atoms with Gasteiger partial charge in [0.25, 0.3) is 0 Å². The first kappa shape index (κ1) is 18.0. The van der Waals surface area contributed by atoms with Crippen molar-refractivity contribution in [2.75, 3.05) is 6.61 Å². The number of phenols is 1. The number of hydrogen-bond donors (Lipinski definition) is 1. The maximum Gasteiger partial charge on any atom is 0.342 e. The van der Waals surface area contributed by atoms with Crippen molar-refractivity contribution in [2.24, 2.45) is 0 Å². The van der Waals surface area contributed by atoms with Gasteiger partial charge in [0.2, 0.25) is 0 Å². The van der Waals surface area contributed by atoms with Crippen molar-refractivity contribution in [2.45, 2.75) is 20.3 Å². The summed E-state index contributed by atoms with van der Waals surface area (Å²) in [6.07, 6.45) is 0.932. The van der Waals surface area contributed by atoms with E-state index in [2.05, 4.69) is 6.92 Å². The van der Waals surface area contributed by atoms with Crippen LogP contribution in [0, 0.1) is 0 Å². The molecule has 0 bridgehead atoms. The zero-order valence-electron chi connectivity index (χ0n) is 15.9. The molecular formula is C24H21NO3. The van der Waals surface area contributed by atoms with Gasteiger partial charge in [0.15, 0.2) is 0 Å². The zero-order valence-corrected chi connectivity index (χ0v) is 15.9. The molecule has 1 heterocycles. The van der Waals surface area contributed by atoms with Gasteiger partial charge in [-0.05, 0) is 42.7 Å². The Bertz CT molecular complexity index is 1180. The number of carbonyl (C=O) groups excluding carboxylic acids is 1. The highest BCUT2D eigenvalue weighted by molar-refractivity contribution is 6.09. The lowest BCUT2D eigenvalue weighted by atomic mass is 9.94. The number of esters is 1. The molecule has 4 rings (SSSR count). The predicted octanol–water partition coefficient (Wildman–Crippen LogP) is 5.50. The topological polar surface area (TPSA) is 59.4 Å². The molecule has 0 amide bonds. The van der Waals surface area contributed by atoms with E-state index >= 15 is 0 Å². The van der Waals surface area contributed by atoms with Crippen molar-refractivity contribution in [1.82, 2.24) is 4.98 Å². The zero-order chi connectivity index (χ0) is 19.7. The minimum atomic E-state index is -0.537. The molecule has 4 aromatic rings. The second-order valence-corrected chi connectivity index (χ2v) is 6.67. The number of ether oxygens (including phenoxy) is 1. The highest BCUT2D eigenvalue weighted by atomic mass is 16.5. The van der Waals surface area contributed by atoms with Crippen molar-refractivity contribution in [3.05, 3.63) is 71.8 Å². The summed E-state index contributed by atoms with van der Waals surface area (Å²) in [6.45, 7) is 4.08. The summed E-state index contributed by atoms with van der Waals surface area (Å²) < 4.78 is 5.23. The van der Waals surface area contributed by atoms with E-state index in [9.17, 15) is 9.90 Å². The number of pyridine rings is 1. The SMILES string of the molecule is CCOC(=O)c1c(-c2ccc(CC)cc2)cc2nc3ccccc3cc2c1O. The molecule has 0 aliphatic heterocycles. The molecule has 0 atom stereocenters. The molecule has 0 spiro atoms. The molecule has 0 saturated heterocycles. The van der Waals surface area contributed by atoms with Gasteiger partial charge in [-0.25, -0.2) is 9.78 Å². The Hall–Kier alpha value is -3.40. The predicted molar refractivity (Wildman–Crippen MR) is 112 cm³/mol. The number of hydrogen-bond acceptors (Lipinski definition) is 4. The van der Waals surface area contributed by atoms with Crippen molar-refractivity contribution in [1.29, 1.82) is 0 Å². The van der Waals surface area contributed by atoms with E-state index in [-0.39, 0.29) is 17.9 Å². The van der Waals surface area contributed by atoms with E-state index in [0.717, 1.165) is 22.9 Å². The average molecular weight is 371 g/mol. The van der Waals surface area contributed by atoms with Crippen molar-refractivity contribution in [3.8, 4) is 16.9 Å². The summed E-state index contributed by atoms with van der Waals surface area (Å²) in [6, 6.07) is 19.4. The minimum Gasteiger partial charge on any atom is -0.506 e. The average Bonchev–Trinajstić information content (AvgIpc) is 2.72. The molecular weight excluding hydrogens is 350 g/mol. The van der Waals surface area contributed by atoms with Crippen LogP contribution in [-0.2, 0) is 11.2 Å². The summed E-state index contributed by atoms with van der Waals surface area (Å²) in [4.78, 5) is 17.4. The molecule has 1 N–H and O–H groups in total. The van der Waals surface area contributed by atoms with Gasteiger partial charge >= 0.3 is 5.97 Å². The van der Waals surface area contributed by atoms with Crippen LogP contribution in [0.3, 0.4) is 0 Å². The number of carbonyl (C=O) groups is 1. The van der Waals surface area contributed by atoms with Crippen LogP contribution in [0.1, 0.15) is 29.8 Å². The minimum absolute atomic E-state index is 0.0937. The molecule has 0 fully saturated rings. The van der Waals surface area contributed by atoms with Crippen molar-refractivity contribution in [3.63, 3.8) is 0 Å². The summed E-state index contributed by atoms with van der Waals surface area (Å²) in [7, 11) is 0. The van der Waals surface area contributed by atoms with Crippen molar-refractivity contribution < 1.29 is 14.6 Å². The Kier molecular flexibility index (Phi) is 4.70. The highest BCUT2D eigenvalue weighted by Crippen LogP contribution is 2.38. The van der Waals surface area contributed by atoms with Gasteiger partial charge < -0.3 is 9.84 Å². The maximum absolute atomic E-state index is 12.7. The Labute approximate surface area is 163 Å². The van der Waals surface area contributed by atoms with Crippen molar-refractivity contribution >= 4 is 27.8 Å². The standard InChI is InChI=1S/C24H21NO3/c1-3-15-9-11-16(12-10-15)18-14-21-19(23(26)22(18)24(27)28-4-2)13-17-7-5-6-8-20(17)25-21/h5-14,26H,3-4H2,1-2H3. The number of aromatic nitrogens is 1. The lowest BCUT2D eigenvalue weighted by Gasteiger charge is -2.14. The first-order valence-electron chi connectivity index (χ1n) is 9.44. The van der Waals surface area contributed by atoms with E-state index in [0.29, 0.717) is 16.5 Å². The number of aryl methyl sites for hydroxylation is 1. The summed E-state index contributed by atoms with van der Waals surface area (Å²) in [5.41, 5.74) is 4.32. The van der Waals surface area contributed by atoms with E-state index in [1.165, 1.54) is 5.56 Å². The quantitative estimate of drug-likeness (QED) is 0.380. The fourth-order valence-corrected chi connectivity index (χ4v) is 3.46. The van der Waals surface area contributed by atoms with Gasteiger partial charge in [-0.15, -0.1) is 0 Å². The summed E-state index contributed by atoms with van der Waals surface area (Å²) >= 11 is 0. The monoisotopic (exact) mass is 371 g/mol. The van der Waals surface area contributed by atoms with Gasteiger partial charge in [-0.1, -0.05) is 49.4 Å². The molecule has 0 saturated carbocycles. The molecule has 1 aromatic heterocycles. The van der Waals surface area contributed by atoms with Crippen LogP contribution in [-0.4, -0.2) is 22.7 Å². The summed E-state index contributed by atoms with van der Waals surface area (Å²) in [5.74, 6) is -0.631. The number of phenolic OH excluding ortho intramolecular Hbond substituents is 1. The van der Waals surface area contributed by atoms with Crippen LogP contribution < -0.4 is 0 Å². The number of nitrogens with zero attached hydrogens (tertiary/aromatic N) is 1. The first-order chi connectivity index (χ1) is 13.6.